The quantitative estimate of drug-likeness (QED) is 0.245. The minimum absolute atomic E-state index is 0. The highest BCUT2D eigenvalue weighted by molar-refractivity contribution is 14.0. The zero-order valence-electron chi connectivity index (χ0n) is 15.6. The number of guanidine groups is 1. The first-order chi connectivity index (χ1) is 13.2. The molecule has 2 aromatic rings. The van der Waals surface area contributed by atoms with Crippen molar-refractivity contribution in [1.29, 1.82) is 0 Å². The number of aryl methyl sites for hydroxylation is 1. The topological polar surface area (TPSA) is 63.5 Å². The van der Waals surface area contributed by atoms with Gasteiger partial charge in [0.2, 0.25) is 0 Å². The molecule has 0 bridgehead atoms. The molecule has 0 radical (unpaired) electrons. The molecule has 2 N–H and O–H groups in total. The summed E-state index contributed by atoms with van der Waals surface area (Å²) in [5, 5.41) is 5.73. The summed E-state index contributed by atoms with van der Waals surface area (Å²) in [6.45, 7) is -2.26. The Kier molecular flexibility index (Phi) is 9.59. The minimum atomic E-state index is -4.45. The van der Waals surface area contributed by atoms with Crippen molar-refractivity contribution in [2.45, 2.75) is 32.7 Å². The van der Waals surface area contributed by atoms with Gasteiger partial charge in [0.05, 0.1) is 6.54 Å². The fourth-order valence-corrected chi connectivity index (χ4v) is 2.32. The minimum Gasteiger partial charge on any atom is -0.484 e. The van der Waals surface area contributed by atoms with E-state index in [1.54, 1.807) is 19.1 Å². The van der Waals surface area contributed by atoms with E-state index < -0.39 is 19.3 Å². The molecule has 0 aliphatic heterocycles. The summed E-state index contributed by atoms with van der Waals surface area (Å²) in [6.07, 6.45) is -2.02. The number of hydrogen-bond donors (Lipinski definition) is 2. The summed E-state index contributed by atoms with van der Waals surface area (Å²) in [5.74, 6) is 0.488. The van der Waals surface area contributed by atoms with Crippen LogP contribution in [0.2, 0.25) is 0 Å². The number of benzene rings is 1. The van der Waals surface area contributed by atoms with E-state index >= 15 is 0 Å². The van der Waals surface area contributed by atoms with Gasteiger partial charge in [-0.3, -0.25) is 9.56 Å². The van der Waals surface area contributed by atoms with Crippen LogP contribution in [-0.4, -0.2) is 35.3 Å². The van der Waals surface area contributed by atoms with Gasteiger partial charge < -0.3 is 15.4 Å². The van der Waals surface area contributed by atoms with E-state index in [0.717, 1.165) is 11.8 Å². The van der Waals surface area contributed by atoms with Crippen molar-refractivity contribution in [3.63, 3.8) is 0 Å². The van der Waals surface area contributed by atoms with Crippen LogP contribution in [0.1, 0.15) is 23.5 Å². The van der Waals surface area contributed by atoms with Crippen molar-refractivity contribution >= 4 is 29.9 Å². The van der Waals surface area contributed by atoms with Gasteiger partial charge in [0.25, 0.3) is 0 Å². The predicted molar refractivity (Wildman–Crippen MR) is 109 cm³/mol. The second kappa shape index (κ2) is 11.2. The fourth-order valence-electron chi connectivity index (χ4n) is 2.32. The van der Waals surface area contributed by atoms with Crippen molar-refractivity contribution in [2.75, 3.05) is 13.7 Å². The third-order valence-electron chi connectivity index (χ3n) is 3.66. The molecule has 29 heavy (non-hydrogen) atoms. The molecule has 1 heterocycles. The van der Waals surface area contributed by atoms with Gasteiger partial charge in [-0.2, -0.15) is 22.0 Å². The Hall–Kier alpha value is -2.12. The molecule has 0 fully saturated rings. The molecular formula is C17H21F5IN5O. The highest BCUT2D eigenvalue weighted by Gasteiger charge is 2.28. The second-order valence-corrected chi connectivity index (χ2v) is 5.82. The van der Waals surface area contributed by atoms with Crippen LogP contribution in [0.15, 0.2) is 35.6 Å². The number of alkyl halides is 5. The number of aromatic nitrogens is 2. The maximum atomic E-state index is 12.8. The van der Waals surface area contributed by atoms with Crippen molar-refractivity contribution in [1.82, 2.24) is 20.2 Å². The third kappa shape index (κ3) is 8.03. The van der Waals surface area contributed by atoms with E-state index in [9.17, 15) is 22.0 Å². The number of hydrogen-bond acceptors (Lipinski definition) is 3. The summed E-state index contributed by atoms with van der Waals surface area (Å²) in [6, 6.07) is 4.90. The van der Waals surface area contributed by atoms with Gasteiger partial charge in [-0.1, -0.05) is 12.1 Å². The Morgan fingerprint density at radius 1 is 1.24 bits per heavy atom. The van der Waals surface area contributed by atoms with Gasteiger partial charge in [0.1, 0.15) is 11.6 Å². The smallest absolute Gasteiger partial charge is 0.422 e. The number of rotatable bonds is 7. The highest BCUT2D eigenvalue weighted by Crippen LogP contribution is 2.23. The summed E-state index contributed by atoms with van der Waals surface area (Å²) in [7, 11) is 1.48. The Bertz CT molecular complexity index is 810. The molecule has 0 atom stereocenters. The third-order valence-corrected chi connectivity index (χ3v) is 3.66. The van der Waals surface area contributed by atoms with Crippen LogP contribution in [0, 0.1) is 6.92 Å². The molecule has 0 saturated heterocycles. The van der Waals surface area contributed by atoms with E-state index in [4.69, 9.17) is 4.74 Å². The van der Waals surface area contributed by atoms with Gasteiger partial charge in [-0.05, 0) is 18.6 Å². The molecule has 0 aliphatic carbocycles. The normalized spacial score (nSPS) is 11.9. The highest BCUT2D eigenvalue weighted by atomic mass is 127. The average molecular weight is 533 g/mol. The monoisotopic (exact) mass is 533 g/mol. The number of ether oxygens (including phenoxy) is 1. The zero-order valence-corrected chi connectivity index (χ0v) is 18.0. The molecule has 162 valence electrons. The first kappa shape index (κ1) is 24.9. The Labute approximate surface area is 181 Å². The van der Waals surface area contributed by atoms with Crippen LogP contribution in [-0.2, 0) is 13.1 Å². The van der Waals surface area contributed by atoms with Crippen LogP contribution in [0.4, 0.5) is 22.0 Å². The largest absolute Gasteiger partial charge is 0.484 e. The molecule has 6 nitrogen and oxygen atoms in total. The van der Waals surface area contributed by atoms with Gasteiger partial charge in [-0.25, -0.2) is 4.98 Å². The summed E-state index contributed by atoms with van der Waals surface area (Å²) in [5.41, 5.74) is 1.24. The number of nitrogens with one attached hydrogen (secondary N) is 2. The standard InChI is InChI=1S/C17H20F5N5O.HI/c1-11-3-4-12(13(7-11)28-10-17(20,21)22)8-25-16(23-2)26-9-14-24-5-6-27(14)15(18)19;/h3-7,15H,8-10H2,1-2H3,(H2,23,25,26);1H. The molecule has 1 aromatic carbocycles. The van der Waals surface area contributed by atoms with Crippen LogP contribution >= 0.6 is 24.0 Å². The first-order valence-electron chi connectivity index (χ1n) is 8.23. The van der Waals surface area contributed by atoms with E-state index in [2.05, 4.69) is 20.6 Å². The van der Waals surface area contributed by atoms with E-state index in [1.165, 1.54) is 19.3 Å². The molecule has 0 aliphatic rings. The molecule has 0 amide bonds. The lowest BCUT2D eigenvalue weighted by Gasteiger charge is -2.16. The molecule has 0 saturated carbocycles. The predicted octanol–water partition coefficient (Wildman–Crippen LogP) is 4.01. The van der Waals surface area contributed by atoms with Crippen molar-refractivity contribution in [3.8, 4) is 5.75 Å². The molecule has 2 rings (SSSR count). The van der Waals surface area contributed by atoms with Crippen molar-refractivity contribution < 1.29 is 26.7 Å². The van der Waals surface area contributed by atoms with Crippen LogP contribution < -0.4 is 15.4 Å². The SMILES string of the molecule is CN=C(NCc1ccc(C)cc1OCC(F)(F)F)NCc1nccn1C(F)F.I. The molecule has 0 unspecified atom stereocenters. The number of halogens is 6. The zero-order chi connectivity index (χ0) is 20.7. The molecular weight excluding hydrogens is 512 g/mol. The van der Waals surface area contributed by atoms with E-state index in [0.29, 0.717) is 10.1 Å². The molecule has 12 heteroatoms. The Morgan fingerprint density at radius 2 is 1.93 bits per heavy atom. The van der Waals surface area contributed by atoms with Gasteiger partial charge in [-0.15, -0.1) is 24.0 Å². The number of imidazole rings is 1. The molecule has 1 aromatic heterocycles. The van der Waals surface area contributed by atoms with Crippen molar-refractivity contribution in [2.24, 2.45) is 4.99 Å². The average Bonchev–Trinajstić information content (AvgIpc) is 3.09. The second-order valence-electron chi connectivity index (χ2n) is 5.82. The summed E-state index contributed by atoms with van der Waals surface area (Å²) in [4.78, 5) is 7.80. The maximum Gasteiger partial charge on any atom is 0.422 e. The lowest BCUT2D eigenvalue weighted by Crippen LogP contribution is -2.37. The molecule has 0 spiro atoms. The van der Waals surface area contributed by atoms with E-state index in [-0.39, 0.29) is 54.6 Å². The lowest BCUT2D eigenvalue weighted by molar-refractivity contribution is -0.153. The fraction of sp³-hybridized carbons (Fsp3) is 0.412. The van der Waals surface area contributed by atoms with Gasteiger partial charge in [0, 0.05) is 31.5 Å². The Balaban J connectivity index is 0.00000420. The van der Waals surface area contributed by atoms with E-state index in [1.807, 2.05) is 0 Å². The van der Waals surface area contributed by atoms with Crippen LogP contribution in [0.3, 0.4) is 0 Å². The Morgan fingerprint density at radius 3 is 2.55 bits per heavy atom. The number of aliphatic imine (C=N–C) groups is 1. The summed E-state index contributed by atoms with van der Waals surface area (Å²) >= 11 is 0. The van der Waals surface area contributed by atoms with Gasteiger partial charge >= 0.3 is 12.7 Å². The lowest BCUT2D eigenvalue weighted by atomic mass is 10.1. The summed E-state index contributed by atoms with van der Waals surface area (Å²) < 4.78 is 68.6. The maximum absolute atomic E-state index is 12.8. The van der Waals surface area contributed by atoms with Crippen LogP contribution in [0.5, 0.6) is 5.75 Å². The number of nitrogens with zero attached hydrogens (tertiary/aromatic N) is 3. The first-order valence-corrected chi connectivity index (χ1v) is 8.23. The van der Waals surface area contributed by atoms with Gasteiger partial charge in [0.15, 0.2) is 12.6 Å². The van der Waals surface area contributed by atoms with Crippen LogP contribution in [0.25, 0.3) is 0 Å². The van der Waals surface area contributed by atoms with Crippen molar-refractivity contribution in [3.05, 3.63) is 47.5 Å².